The van der Waals surface area contributed by atoms with Gasteiger partial charge in [-0.15, -0.1) is 0 Å². The normalized spacial score (nSPS) is 16.9. The van der Waals surface area contributed by atoms with Crippen molar-refractivity contribution in [3.63, 3.8) is 0 Å². The summed E-state index contributed by atoms with van der Waals surface area (Å²) in [6, 6.07) is 11.3. The Labute approximate surface area is 183 Å². The highest BCUT2D eigenvalue weighted by atomic mass is 16.5. The largest absolute Gasteiger partial charge is 0.496 e. The van der Waals surface area contributed by atoms with Gasteiger partial charge in [0.05, 0.1) is 19.1 Å². The van der Waals surface area contributed by atoms with E-state index in [0.29, 0.717) is 25.1 Å². The number of hydrogen-bond acceptors (Lipinski definition) is 5. The van der Waals surface area contributed by atoms with Gasteiger partial charge in [0.15, 0.2) is 0 Å². The summed E-state index contributed by atoms with van der Waals surface area (Å²) in [7, 11) is 1.62. The van der Waals surface area contributed by atoms with E-state index >= 15 is 0 Å². The van der Waals surface area contributed by atoms with Crippen molar-refractivity contribution in [2.24, 2.45) is 0 Å². The van der Waals surface area contributed by atoms with Gasteiger partial charge in [-0.2, -0.15) is 0 Å². The summed E-state index contributed by atoms with van der Waals surface area (Å²) in [5.41, 5.74) is 1.54. The Bertz CT molecular complexity index is 919. The number of methoxy groups -OCH3 is 1. The number of piperidine rings is 1. The van der Waals surface area contributed by atoms with Crippen molar-refractivity contribution >= 4 is 17.6 Å². The third-order valence-electron chi connectivity index (χ3n) is 6.15. The Morgan fingerprint density at radius 3 is 2.55 bits per heavy atom. The average Bonchev–Trinajstić information content (AvgIpc) is 3.35. The van der Waals surface area contributed by atoms with Crippen LogP contribution < -0.4 is 15.0 Å². The highest BCUT2D eigenvalue weighted by molar-refractivity contribution is 5.99. The fourth-order valence-electron chi connectivity index (χ4n) is 4.42. The smallest absolute Gasteiger partial charge is 0.255 e. The quantitative estimate of drug-likeness (QED) is 0.775. The second-order valence-corrected chi connectivity index (χ2v) is 8.19. The molecule has 0 aliphatic carbocycles. The summed E-state index contributed by atoms with van der Waals surface area (Å²) in [6.45, 7) is 3.18. The Hall–Kier alpha value is -3.09. The van der Waals surface area contributed by atoms with E-state index < -0.39 is 0 Å². The summed E-state index contributed by atoms with van der Waals surface area (Å²) in [4.78, 5) is 34.2. The minimum atomic E-state index is -0.0752. The van der Waals surface area contributed by atoms with Gasteiger partial charge in [-0.05, 0) is 43.9 Å². The van der Waals surface area contributed by atoms with Gasteiger partial charge < -0.3 is 19.9 Å². The standard InChI is InChI=1S/C24H30N4O3/c1-31-21-9-3-2-7-18(21)17-22(29)27-15-10-19(11-16-27)26-24(30)20-8-6-12-25-23(20)28-13-4-5-14-28/h2-3,6-9,12,19H,4-5,10-11,13-17H2,1H3,(H,26,30). The first kappa shape index (κ1) is 21.2. The molecule has 0 atom stereocenters. The molecule has 0 saturated carbocycles. The maximum Gasteiger partial charge on any atom is 0.255 e. The number of hydrogen-bond donors (Lipinski definition) is 1. The van der Waals surface area contributed by atoms with Gasteiger partial charge in [0.25, 0.3) is 5.91 Å². The van der Waals surface area contributed by atoms with Gasteiger partial charge in [0, 0.05) is 44.0 Å². The fourth-order valence-corrected chi connectivity index (χ4v) is 4.42. The molecule has 2 saturated heterocycles. The van der Waals surface area contributed by atoms with Crippen LogP contribution in [0.25, 0.3) is 0 Å². The highest BCUT2D eigenvalue weighted by Crippen LogP contribution is 2.23. The summed E-state index contributed by atoms with van der Waals surface area (Å²) in [6.07, 6.45) is 5.86. The van der Waals surface area contributed by atoms with Crippen molar-refractivity contribution in [1.82, 2.24) is 15.2 Å². The number of nitrogens with zero attached hydrogens (tertiary/aromatic N) is 3. The second kappa shape index (κ2) is 9.81. The molecule has 0 unspecified atom stereocenters. The van der Waals surface area contributed by atoms with E-state index in [9.17, 15) is 9.59 Å². The average molecular weight is 423 g/mol. The molecular weight excluding hydrogens is 392 g/mol. The van der Waals surface area contributed by atoms with E-state index in [2.05, 4.69) is 15.2 Å². The van der Waals surface area contributed by atoms with Crippen LogP contribution in [0, 0.1) is 0 Å². The molecule has 0 bridgehead atoms. The number of para-hydroxylation sites is 1. The monoisotopic (exact) mass is 422 g/mol. The molecule has 7 heteroatoms. The number of benzene rings is 1. The van der Waals surface area contributed by atoms with Crippen LogP contribution in [0.1, 0.15) is 41.6 Å². The van der Waals surface area contributed by atoms with Crippen LogP contribution in [-0.4, -0.2) is 61.0 Å². The van der Waals surface area contributed by atoms with Gasteiger partial charge in [-0.3, -0.25) is 9.59 Å². The molecule has 7 nitrogen and oxygen atoms in total. The predicted molar refractivity (Wildman–Crippen MR) is 119 cm³/mol. The van der Waals surface area contributed by atoms with Crippen molar-refractivity contribution in [2.45, 2.75) is 38.1 Å². The first-order valence-corrected chi connectivity index (χ1v) is 11.1. The number of rotatable bonds is 6. The molecule has 2 amide bonds. The molecule has 1 aromatic carbocycles. The second-order valence-electron chi connectivity index (χ2n) is 8.19. The molecule has 2 fully saturated rings. The number of aromatic nitrogens is 1. The minimum Gasteiger partial charge on any atom is -0.496 e. The maximum atomic E-state index is 12.9. The van der Waals surface area contributed by atoms with Crippen LogP contribution in [0.4, 0.5) is 5.82 Å². The molecule has 2 aromatic rings. The molecule has 2 aliphatic rings. The zero-order valence-electron chi connectivity index (χ0n) is 18.0. The molecule has 2 aliphatic heterocycles. The number of ether oxygens (including phenoxy) is 1. The van der Waals surface area contributed by atoms with Gasteiger partial charge in [0.1, 0.15) is 11.6 Å². The lowest BCUT2D eigenvalue weighted by Gasteiger charge is -2.33. The highest BCUT2D eigenvalue weighted by Gasteiger charge is 2.26. The molecule has 0 radical (unpaired) electrons. The number of carbonyl (C=O) groups is 2. The number of nitrogens with one attached hydrogen (secondary N) is 1. The first-order chi connectivity index (χ1) is 15.2. The lowest BCUT2D eigenvalue weighted by molar-refractivity contribution is -0.131. The van der Waals surface area contributed by atoms with E-state index in [1.165, 1.54) is 0 Å². The van der Waals surface area contributed by atoms with Gasteiger partial charge in [-0.25, -0.2) is 4.98 Å². The van der Waals surface area contributed by atoms with Crippen LogP contribution in [0.3, 0.4) is 0 Å². The summed E-state index contributed by atoms with van der Waals surface area (Å²) in [5, 5.41) is 3.16. The molecule has 164 valence electrons. The Kier molecular flexibility index (Phi) is 6.70. The number of likely N-dealkylation sites (tertiary alicyclic amines) is 1. The Morgan fingerprint density at radius 1 is 1.06 bits per heavy atom. The number of amides is 2. The summed E-state index contributed by atoms with van der Waals surface area (Å²) < 4.78 is 5.36. The zero-order chi connectivity index (χ0) is 21.6. The van der Waals surface area contributed by atoms with Gasteiger partial charge >= 0.3 is 0 Å². The number of pyridine rings is 1. The summed E-state index contributed by atoms with van der Waals surface area (Å²) >= 11 is 0. The first-order valence-electron chi connectivity index (χ1n) is 11.1. The summed E-state index contributed by atoms with van der Waals surface area (Å²) in [5.74, 6) is 1.54. The van der Waals surface area contributed by atoms with Crippen molar-refractivity contribution < 1.29 is 14.3 Å². The molecular formula is C24H30N4O3. The topological polar surface area (TPSA) is 74.8 Å². The SMILES string of the molecule is COc1ccccc1CC(=O)N1CCC(NC(=O)c2cccnc2N2CCCC2)CC1. The third kappa shape index (κ3) is 4.98. The molecule has 0 spiro atoms. The van der Waals surface area contributed by atoms with Crippen LogP contribution in [-0.2, 0) is 11.2 Å². The third-order valence-corrected chi connectivity index (χ3v) is 6.15. The number of carbonyl (C=O) groups excluding carboxylic acids is 2. The van der Waals surface area contributed by atoms with E-state index in [0.717, 1.165) is 55.9 Å². The van der Waals surface area contributed by atoms with Crippen molar-refractivity contribution in [3.8, 4) is 5.75 Å². The van der Waals surface area contributed by atoms with E-state index in [1.807, 2.05) is 41.3 Å². The van der Waals surface area contributed by atoms with E-state index in [4.69, 9.17) is 4.74 Å². The molecule has 31 heavy (non-hydrogen) atoms. The van der Waals surface area contributed by atoms with Crippen LogP contribution >= 0.6 is 0 Å². The Balaban J connectivity index is 1.31. The zero-order valence-corrected chi connectivity index (χ0v) is 18.0. The lowest BCUT2D eigenvalue weighted by atomic mass is 10.0. The van der Waals surface area contributed by atoms with E-state index in [-0.39, 0.29) is 17.9 Å². The van der Waals surface area contributed by atoms with Crippen molar-refractivity contribution in [3.05, 3.63) is 53.7 Å². The predicted octanol–water partition coefficient (Wildman–Crippen LogP) is 2.65. The van der Waals surface area contributed by atoms with Gasteiger partial charge in [-0.1, -0.05) is 18.2 Å². The van der Waals surface area contributed by atoms with Crippen LogP contribution in [0.15, 0.2) is 42.6 Å². The molecule has 1 N–H and O–H groups in total. The van der Waals surface area contributed by atoms with Crippen LogP contribution in [0.2, 0.25) is 0 Å². The molecule has 4 rings (SSSR count). The molecule has 3 heterocycles. The lowest BCUT2D eigenvalue weighted by Crippen LogP contribution is -2.47. The fraction of sp³-hybridized carbons (Fsp3) is 0.458. The van der Waals surface area contributed by atoms with Crippen molar-refractivity contribution in [2.75, 3.05) is 38.2 Å². The Morgan fingerprint density at radius 2 is 1.81 bits per heavy atom. The van der Waals surface area contributed by atoms with E-state index in [1.54, 1.807) is 13.3 Å². The van der Waals surface area contributed by atoms with Gasteiger partial charge in [0.2, 0.25) is 5.91 Å². The van der Waals surface area contributed by atoms with Crippen LogP contribution in [0.5, 0.6) is 5.75 Å². The maximum absolute atomic E-state index is 12.9. The number of anilines is 1. The van der Waals surface area contributed by atoms with Crippen molar-refractivity contribution in [1.29, 1.82) is 0 Å². The molecule has 1 aromatic heterocycles. The minimum absolute atomic E-state index is 0.0643.